The lowest BCUT2D eigenvalue weighted by Crippen LogP contribution is -2.27. The number of benzene rings is 3. The minimum absolute atomic E-state index is 0.148. The molecule has 3 aromatic carbocycles. The van der Waals surface area contributed by atoms with Crippen molar-refractivity contribution in [2.45, 2.75) is 81.8 Å². The van der Waals surface area contributed by atoms with Gasteiger partial charge in [-0.05, 0) is 58.4 Å². The molecule has 1 saturated heterocycles. The first-order valence-electron chi connectivity index (χ1n) is 13.0. The van der Waals surface area contributed by atoms with E-state index in [0.29, 0.717) is 28.5 Å². The van der Waals surface area contributed by atoms with Crippen molar-refractivity contribution in [3.8, 4) is 5.75 Å². The smallest absolute Gasteiger partial charge is 0.338 e. The summed E-state index contributed by atoms with van der Waals surface area (Å²) in [6, 6.07) is 19.4. The van der Waals surface area contributed by atoms with Crippen LogP contribution in [0.5, 0.6) is 5.75 Å². The van der Waals surface area contributed by atoms with E-state index >= 15 is 0 Å². The van der Waals surface area contributed by atoms with Crippen LogP contribution in [0.2, 0.25) is 10.0 Å². The number of carbonyl (C=O) groups is 1. The molecule has 1 heterocycles. The van der Waals surface area contributed by atoms with E-state index in [0.717, 1.165) is 22.3 Å². The summed E-state index contributed by atoms with van der Waals surface area (Å²) in [5.41, 5.74) is 3.62. The van der Waals surface area contributed by atoms with Gasteiger partial charge in [-0.1, -0.05) is 89.0 Å². The lowest BCUT2D eigenvalue weighted by Gasteiger charge is -2.35. The topological polar surface area (TPSA) is 46.5 Å². The van der Waals surface area contributed by atoms with Crippen molar-refractivity contribution < 1.29 is 14.6 Å². The molecule has 0 aromatic heterocycles. The molecule has 1 aliphatic rings. The van der Waals surface area contributed by atoms with Gasteiger partial charge < -0.3 is 9.84 Å². The highest BCUT2D eigenvalue weighted by Gasteiger charge is 2.35. The molecule has 38 heavy (non-hydrogen) atoms. The molecule has 1 N–H and O–H groups in total. The summed E-state index contributed by atoms with van der Waals surface area (Å²) >= 11 is 14.2. The van der Waals surface area contributed by atoms with Crippen LogP contribution in [0.4, 0.5) is 0 Å². The Bertz CT molecular complexity index is 1200. The molecule has 0 aliphatic carbocycles. The molecule has 2 unspecified atom stereocenters. The van der Waals surface area contributed by atoms with E-state index < -0.39 is 0 Å². The lowest BCUT2D eigenvalue weighted by atomic mass is 9.78. The molecule has 1 aliphatic heterocycles. The minimum atomic E-state index is -0.359. The van der Waals surface area contributed by atoms with Crippen molar-refractivity contribution in [1.82, 2.24) is 0 Å². The fourth-order valence-electron chi connectivity index (χ4n) is 4.88. The van der Waals surface area contributed by atoms with Gasteiger partial charge in [0, 0.05) is 44.5 Å². The van der Waals surface area contributed by atoms with E-state index in [4.69, 9.17) is 27.9 Å². The van der Waals surface area contributed by atoms with E-state index in [-0.39, 0.29) is 39.2 Å². The summed E-state index contributed by atoms with van der Waals surface area (Å²) in [6.45, 7) is 12.2. The van der Waals surface area contributed by atoms with Gasteiger partial charge in [0.15, 0.2) is 0 Å². The van der Waals surface area contributed by atoms with Gasteiger partial charge in [-0.3, -0.25) is 0 Å². The molecule has 2 atom stereocenters. The zero-order valence-corrected chi connectivity index (χ0v) is 25.2. The summed E-state index contributed by atoms with van der Waals surface area (Å²) in [7, 11) is 0. The Morgan fingerprint density at radius 3 is 1.55 bits per heavy atom. The van der Waals surface area contributed by atoms with Gasteiger partial charge in [-0.25, -0.2) is 4.79 Å². The number of halogens is 2. The third-order valence-electron chi connectivity index (χ3n) is 7.00. The monoisotopic (exact) mass is 570 g/mol. The number of rotatable bonds is 4. The number of thioether (sulfide) groups is 1. The molecule has 0 bridgehead atoms. The van der Waals surface area contributed by atoms with Crippen LogP contribution in [0.15, 0.2) is 60.7 Å². The number of phenols is 1. The van der Waals surface area contributed by atoms with Gasteiger partial charge in [0.25, 0.3) is 0 Å². The largest absolute Gasteiger partial charge is 0.507 e. The first-order chi connectivity index (χ1) is 17.7. The van der Waals surface area contributed by atoms with Gasteiger partial charge >= 0.3 is 5.97 Å². The van der Waals surface area contributed by atoms with Crippen LogP contribution in [0, 0.1) is 0 Å². The van der Waals surface area contributed by atoms with Gasteiger partial charge in [-0.2, -0.15) is 0 Å². The molecule has 202 valence electrons. The fraction of sp³-hybridized carbons (Fsp3) is 0.406. The van der Waals surface area contributed by atoms with Crippen molar-refractivity contribution in [3.05, 3.63) is 98.5 Å². The molecule has 0 saturated carbocycles. The number of phenolic OH excluding ortho intramolecular Hbond substituents is 1. The summed E-state index contributed by atoms with van der Waals surface area (Å²) < 4.78 is 6.22. The molecule has 3 nitrogen and oxygen atoms in total. The maximum atomic E-state index is 13.6. The standard InChI is InChI=1S/C32H36Cl2O3S/c1-31(2,3)25-15-21(16-26(29(25)35)32(4,5)6)30(36)37-24-17-27(19-7-11-22(33)12-8-19)38-28(18-24)20-9-13-23(34)14-10-20/h7-16,24,27-28,35H,17-18H2,1-6H3. The SMILES string of the molecule is CC(C)(C)c1cc(C(=O)OC2CC(c3ccc(Cl)cc3)SC(c3ccc(Cl)cc3)C2)cc(C(C)(C)C)c1O. The predicted molar refractivity (Wildman–Crippen MR) is 160 cm³/mol. The summed E-state index contributed by atoms with van der Waals surface area (Å²) in [6.07, 6.45) is 1.15. The highest BCUT2D eigenvalue weighted by atomic mass is 35.5. The number of esters is 1. The Balaban J connectivity index is 1.66. The average Bonchev–Trinajstić information content (AvgIpc) is 2.83. The Kier molecular flexibility index (Phi) is 8.47. The van der Waals surface area contributed by atoms with Crippen LogP contribution in [-0.4, -0.2) is 17.2 Å². The second kappa shape index (κ2) is 11.2. The number of ether oxygens (including phenoxy) is 1. The molecular weight excluding hydrogens is 535 g/mol. The molecule has 6 heteroatoms. The Morgan fingerprint density at radius 1 is 0.789 bits per heavy atom. The van der Waals surface area contributed by atoms with E-state index in [9.17, 15) is 9.90 Å². The Morgan fingerprint density at radius 2 is 1.18 bits per heavy atom. The first kappa shape index (κ1) is 28.9. The molecule has 0 radical (unpaired) electrons. The molecule has 3 aromatic rings. The van der Waals surface area contributed by atoms with E-state index in [2.05, 4.69) is 0 Å². The lowest BCUT2D eigenvalue weighted by molar-refractivity contribution is 0.0248. The van der Waals surface area contributed by atoms with E-state index in [1.807, 2.05) is 102 Å². The van der Waals surface area contributed by atoms with Gasteiger partial charge in [0.2, 0.25) is 0 Å². The highest BCUT2D eigenvalue weighted by Crippen LogP contribution is 2.51. The van der Waals surface area contributed by atoms with Crippen LogP contribution in [0.1, 0.15) is 97.5 Å². The molecule has 1 fully saturated rings. The average molecular weight is 572 g/mol. The normalized spacial score (nSPS) is 20.3. The highest BCUT2D eigenvalue weighted by molar-refractivity contribution is 7.99. The zero-order chi connectivity index (χ0) is 27.8. The van der Waals surface area contributed by atoms with Crippen LogP contribution >= 0.6 is 35.0 Å². The molecular formula is C32H36Cl2O3S. The fourth-order valence-corrected chi connectivity index (χ4v) is 6.81. The summed E-state index contributed by atoms with van der Waals surface area (Å²) in [5, 5.41) is 12.8. The van der Waals surface area contributed by atoms with E-state index in [1.165, 1.54) is 0 Å². The number of aromatic hydroxyl groups is 1. The Labute approximate surface area is 240 Å². The van der Waals surface area contributed by atoms with Crippen LogP contribution < -0.4 is 0 Å². The quantitative estimate of drug-likeness (QED) is 0.317. The molecule has 4 rings (SSSR count). The summed E-state index contributed by atoms with van der Waals surface area (Å²) in [4.78, 5) is 13.6. The third kappa shape index (κ3) is 6.70. The summed E-state index contributed by atoms with van der Waals surface area (Å²) in [5.74, 6) is -0.108. The maximum absolute atomic E-state index is 13.6. The van der Waals surface area contributed by atoms with Crippen LogP contribution in [0.25, 0.3) is 0 Å². The predicted octanol–water partition coefficient (Wildman–Crippen LogP) is 9.83. The van der Waals surface area contributed by atoms with Gasteiger partial charge in [-0.15, -0.1) is 11.8 Å². The molecule has 0 amide bonds. The van der Waals surface area contributed by atoms with E-state index in [1.54, 1.807) is 12.1 Å². The second-order valence-corrected chi connectivity index (χ2v) is 14.4. The van der Waals surface area contributed by atoms with Crippen molar-refractivity contribution in [1.29, 1.82) is 0 Å². The van der Waals surface area contributed by atoms with Gasteiger partial charge in [0.1, 0.15) is 11.9 Å². The van der Waals surface area contributed by atoms with Gasteiger partial charge in [0.05, 0.1) is 5.56 Å². The van der Waals surface area contributed by atoms with Crippen LogP contribution in [-0.2, 0) is 15.6 Å². The van der Waals surface area contributed by atoms with Crippen LogP contribution in [0.3, 0.4) is 0 Å². The first-order valence-corrected chi connectivity index (χ1v) is 14.7. The Hall–Kier alpha value is -2.14. The minimum Gasteiger partial charge on any atom is -0.507 e. The van der Waals surface area contributed by atoms with Crippen molar-refractivity contribution in [3.63, 3.8) is 0 Å². The zero-order valence-electron chi connectivity index (χ0n) is 22.8. The number of hydrogen-bond acceptors (Lipinski definition) is 4. The second-order valence-electron chi connectivity index (χ2n) is 12.1. The van der Waals surface area contributed by atoms with Crippen molar-refractivity contribution in [2.75, 3.05) is 0 Å². The van der Waals surface area contributed by atoms with Crippen molar-refractivity contribution >= 4 is 40.9 Å². The number of carbonyl (C=O) groups excluding carboxylic acids is 1. The maximum Gasteiger partial charge on any atom is 0.338 e. The number of hydrogen-bond donors (Lipinski definition) is 1. The van der Waals surface area contributed by atoms with Crippen molar-refractivity contribution in [2.24, 2.45) is 0 Å². The third-order valence-corrected chi connectivity index (χ3v) is 9.09. The molecule has 0 spiro atoms.